The molecule has 1 heterocycles. The summed E-state index contributed by atoms with van der Waals surface area (Å²) in [7, 11) is 1.64. The summed E-state index contributed by atoms with van der Waals surface area (Å²) in [6.45, 7) is 9.18. The van der Waals surface area contributed by atoms with Gasteiger partial charge in [-0.3, -0.25) is 4.79 Å². The van der Waals surface area contributed by atoms with Crippen molar-refractivity contribution >= 4 is 5.91 Å². The summed E-state index contributed by atoms with van der Waals surface area (Å²) >= 11 is 0. The van der Waals surface area contributed by atoms with Gasteiger partial charge in [-0.15, -0.1) is 0 Å². The predicted octanol–water partition coefficient (Wildman–Crippen LogP) is 2.31. The van der Waals surface area contributed by atoms with Crippen LogP contribution >= 0.6 is 0 Å². The van der Waals surface area contributed by atoms with E-state index in [4.69, 9.17) is 4.74 Å². The molecule has 3 nitrogen and oxygen atoms in total. The molecule has 0 N–H and O–H groups in total. The number of hydrogen-bond acceptors (Lipinski definition) is 2. The summed E-state index contributed by atoms with van der Waals surface area (Å²) in [5.74, 6) is 0.878. The highest BCUT2D eigenvalue weighted by Gasteiger charge is 2.31. The Morgan fingerprint density at radius 1 is 1.44 bits per heavy atom. The van der Waals surface area contributed by atoms with E-state index in [0.717, 1.165) is 19.5 Å². The lowest BCUT2D eigenvalue weighted by atomic mass is 9.76. The third kappa shape index (κ3) is 3.78. The molecule has 0 saturated carbocycles. The molecule has 1 rings (SSSR count). The van der Waals surface area contributed by atoms with Gasteiger partial charge >= 0.3 is 0 Å². The third-order valence-corrected chi connectivity index (χ3v) is 3.52. The minimum Gasteiger partial charge on any atom is -0.384 e. The van der Waals surface area contributed by atoms with Crippen LogP contribution in [0.15, 0.2) is 0 Å². The van der Waals surface area contributed by atoms with Crippen LogP contribution in [0.4, 0.5) is 0 Å². The first kappa shape index (κ1) is 13.5. The number of carbonyl (C=O) groups excluding carboxylic acids is 1. The fraction of sp³-hybridized carbons (Fsp3) is 0.923. The van der Waals surface area contributed by atoms with Crippen LogP contribution in [-0.2, 0) is 9.53 Å². The summed E-state index contributed by atoms with van der Waals surface area (Å²) in [6.07, 6.45) is 2.91. The number of likely N-dealkylation sites (tertiary alicyclic amines) is 1. The number of carbonyl (C=O) groups is 1. The molecule has 1 atom stereocenters. The second kappa shape index (κ2) is 5.67. The quantitative estimate of drug-likeness (QED) is 0.740. The van der Waals surface area contributed by atoms with E-state index in [-0.39, 0.29) is 5.91 Å². The standard InChI is InChI=1S/C13H25NO2/c1-13(2,3)11-6-5-8-14(10-11)12(15)7-9-16-4/h11H,5-10H2,1-4H3. The maximum Gasteiger partial charge on any atom is 0.224 e. The van der Waals surface area contributed by atoms with Crippen molar-refractivity contribution in [2.24, 2.45) is 11.3 Å². The Morgan fingerprint density at radius 3 is 2.69 bits per heavy atom. The van der Waals surface area contributed by atoms with Gasteiger partial charge in [0, 0.05) is 20.2 Å². The smallest absolute Gasteiger partial charge is 0.224 e. The summed E-state index contributed by atoms with van der Waals surface area (Å²) in [4.78, 5) is 13.9. The average molecular weight is 227 g/mol. The number of methoxy groups -OCH3 is 1. The van der Waals surface area contributed by atoms with Crippen molar-refractivity contribution in [2.75, 3.05) is 26.8 Å². The van der Waals surface area contributed by atoms with Crippen molar-refractivity contribution in [3.63, 3.8) is 0 Å². The fourth-order valence-corrected chi connectivity index (χ4v) is 2.26. The first-order valence-electron chi connectivity index (χ1n) is 6.22. The van der Waals surface area contributed by atoms with Crippen molar-refractivity contribution < 1.29 is 9.53 Å². The molecule has 3 heteroatoms. The lowest BCUT2D eigenvalue weighted by molar-refractivity contribution is -0.134. The summed E-state index contributed by atoms with van der Waals surface area (Å²) in [5.41, 5.74) is 0.306. The summed E-state index contributed by atoms with van der Waals surface area (Å²) in [6, 6.07) is 0. The van der Waals surface area contributed by atoms with Gasteiger partial charge in [-0.25, -0.2) is 0 Å². The highest BCUT2D eigenvalue weighted by Crippen LogP contribution is 2.33. The van der Waals surface area contributed by atoms with Gasteiger partial charge < -0.3 is 9.64 Å². The second-order valence-corrected chi connectivity index (χ2v) is 5.79. The van der Waals surface area contributed by atoms with E-state index in [2.05, 4.69) is 20.8 Å². The number of piperidine rings is 1. The van der Waals surface area contributed by atoms with Crippen molar-refractivity contribution in [3.8, 4) is 0 Å². The van der Waals surface area contributed by atoms with Crippen LogP contribution in [0.3, 0.4) is 0 Å². The first-order chi connectivity index (χ1) is 7.45. The van der Waals surface area contributed by atoms with Gasteiger partial charge in [0.05, 0.1) is 13.0 Å². The molecule has 0 aliphatic carbocycles. The number of hydrogen-bond donors (Lipinski definition) is 0. The molecule has 0 aromatic carbocycles. The van der Waals surface area contributed by atoms with E-state index in [0.29, 0.717) is 24.4 Å². The molecule has 1 saturated heterocycles. The van der Waals surface area contributed by atoms with Gasteiger partial charge in [0.15, 0.2) is 0 Å². The van der Waals surface area contributed by atoms with Gasteiger partial charge in [-0.1, -0.05) is 20.8 Å². The van der Waals surface area contributed by atoms with Crippen molar-refractivity contribution in [1.82, 2.24) is 4.90 Å². The van der Waals surface area contributed by atoms with Crippen molar-refractivity contribution in [2.45, 2.75) is 40.0 Å². The Kier molecular flexibility index (Phi) is 4.78. The maximum absolute atomic E-state index is 11.9. The number of ether oxygens (including phenoxy) is 1. The van der Waals surface area contributed by atoms with Crippen LogP contribution in [-0.4, -0.2) is 37.6 Å². The maximum atomic E-state index is 11.9. The molecular formula is C13H25NO2. The van der Waals surface area contributed by atoms with Gasteiger partial charge in [0.25, 0.3) is 0 Å². The molecule has 1 aliphatic rings. The Bertz CT molecular complexity index is 233. The van der Waals surface area contributed by atoms with Crippen LogP contribution < -0.4 is 0 Å². The first-order valence-corrected chi connectivity index (χ1v) is 6.22. The lowest BCUT2D eigenvalue weighted by Gasteiger charge is -2.39. The van der Waals surface area contributed by atoms with E-state index in [1.165, 1.54) is 6.42 Å². The zero-order valence-corrected chi connectivity index (χ0v) is 11.1. The molecule has 1 unspecified atom stereocenters. The van der Waals surface area contributed by atoms with E-state index >= 15 is 0 Å². The van der Waals surface area contributed by atoms with Gasteiger partial charge in [0.2, 0.25) is 5.91 Å². The SMILES string of the molecule is COCCC(=O)N1CCCC(C(C)(C)C)C1. The molecular weight excluding hydrogens is 202 g/mol. The van der Waals surface area contributed by atoms with Crippen molar-refractivity contribution in [1.29, 1.82) is 0 Å². The molecule has 0 aromatic rings. The third-order valence-electron chi connectivity index (χ3n) is 3.52. The molecule has 1 fully saturated rings. The molecule has 0 bridgehead atoms. The van der Waals surface area contributed by atoms with E-state index in [1.807, 2.05) is 4.90 Å². The highest BCUT2D eigenvalue weighted by atomic mass is 16.5. The van der Waals surface area contributed by atoms with Crippen LogP contribution in [0, 0.1) is 11.3 Å². The number of nitrogens with zero attached hydrogens (tertiary/aromatic N) is 1. The molecule has 94 valence electrons. The van der Waals surface area contributed by atoms with E-state index in [1.54, 1.807) is 7.11 Å². The second-order valence-electron chi connectivity index (χ2n) is 5.79. The topological polar surface area (TPSA) is 29.5 Å². The zero-order valence-electron chi connectivity index (χ0n) is 11.1. The van der Waals surface area contributed by atoms with Crippen LogP contribution in [0.25, 0.3) is 0 Å². The van der Waals surface area contributed by atoms with Gasteiger partial charge in [-0.05, 0) is 24.2 Å². The Morgan fingerprint density at radius 2 is 2.12 bits per heavy atom. The monoisotopic (exact) mass is 227 g/mol. The fourth-order valence-electron chi connectivity index (χ4n) is 2.26. The lowest BCUT2D eigenvalue weighted by Crippen LogP contribution is -2.43. The Balaban J connectivity index is 2.47. The normalized spacial score (nSPS) is 22.2. The van der Waals surface area contributed by atoms with Gasteiger partial charge in [-0.2, -0.15) is 0 Å². The van der Waals surface area contributed by atoms with Crippen molar-refractivity contribution in [3.05, 3.63) is 0 Å². The van der Waals surface area contributed by atoms with Crippen LogP contribution in [0.1, 0.15) is 40.0 Å². The minimum atomic E-state index is 0.246. The minimum absolute atomic E-state index is 0.246. The molecule has 16 heavy (non-hydrogen) atoms. The van der Waals surface area contributed by atoms with E-state index in [9.17, 15) is 4.79 Å². The van der Waals surface area contributed by atoms with E-state index < -0.39 is 0 Å². The van der Waals surface area contributed by atoms with Crippen LogP contribution in [0.2, 0.25) is 0 Å². The largest absolute Gasteiger partial charge is 0.384 e. The highest BCUT2D eigenvalue weighted by molar-refractivity contribution is 5.76. The van der Waals surface area contributed by atoms with Gasteiger partial charge in [0.1, 0.15) is 0 Å². The number of rotatable bonds is 3. The molecule has 0 spiro atoms. The Hall–Kier alpha value is -0.570. The molecule has 1 amide bonds. The average Bonchev–Trinajstić information content (AvgIpc) is 2.25. The summed E-state index contributed by atoms with van der Waals surface area (Å²) < 4.78 is 4.95. The Labute approximate surface area is 99.1 Å². The molecule has 1 aliphatic heterocycles. The molecule has 0 aromatic heterocycles. The number of amides is 1. The summed E-state index contributed by atoms with van der Waals surface area (Å²) in [5, 5.41) is 0. The predicted molar refractivity (Wildman–Crippen MR) is 65.3 cm³/mol. The van der Waals surface area contributed by atoms with Crippen LogP contribution in [0.5, 0.6) is 0 Å². The molecule has 0 radical (unpaired) electrons. The zero-order chi connectivity index (χ0) is 12.2.